The highest BCUT2D eigenvalue weighted by atomic mass is 16.6. The molecule has 0 aromatic heterocycles. The third kappa shape index (κ3) is 4.27. The van der Waals surface area contributed by atoms with Gasteiger partial charge in [0.2, 0.25) is 0 Å². The van der Waals surface area contributed by atoms with Crippen molar-refractivity contribution in [1.29, 1.82) is 0 Å². The molecule has 1 aromatic rings. The van der Waals surface area contributed by atoms with Gasteiger partial charge in [-0.25, -0.2) is 4.79 Å². The maximum Gasteiger partial charge on any atom is 0.338 e. The molecule has 1 N–H and O–H groups in total. The molecule has 4 rings (SSSR count). The van der Waals surface area contributed by atoms with Crippen LogP contribution in [-0.2, 0) is 38.1 Å². The monoisotopic (exact) mass is 532 g/mol. The van der Waals surface area contributed by atoms with Crippen molar-refractivity contribution in [3.8, 4) is 0 Å². The first-order valence-electron chi connectivity index (χ1n) is 12.8. The van der Waals surface area contributed by atoms with Crippen LogP contribution in [0.3, 0.4) is 0 Å². The predicted octanol–water partition coefficient (Wildman–Crippen LogP) is 2.74. The van der Waals surface area contributed by atoms with E-state index < -0.39 is 76.9 Å². The number of aliphatic hydroxyl groups is 1. The molecule has 38 heavy (non-hydrogen) atoms. The smallest absolute Gasteiger partial charge is 0.338 e. The van der Waals surface area contributed by atoms with Crippen LogP contribution in [0.15, 0.2) is 30.3 Å². The molecule has 1 heterocycles. The minimum absolute atomic E-state index is 0.118. The number of hydrogen-bond acceptors (Lipinski definition) is 10. The fraction of sp³-hybridized carbons (Fsp3) is 0.643. The molecule has 2 bridgehead atoms. The summed E-state index contributed by atoms with van der Waals surface area (Å²) >= 11 is 0. The molecule has 2 saturated carbocycles. The quantitative estimate of drug-likeness (QED) is 0.430. The van der Waals surface area contributed by atoms with E-state index in [9.17, 15) is 24.3 Å². The minimum Gasteiger partial charge on any atom is -0.465 e. The van der Waals surface area contributed by atoms with Gasteiger partial charge in [-0.1, -0.05) is 18.2 Å². The average Bonchev–Trinajstić information content (AvgIpc) is 2.98. The maximum atomic E-state index is 13.4. The van der Waals surface area contributed by atoms with E-state index in [0.717, 1.165) is 0 Å². The number of hydrogen-bond donors (Lipinski definition) is 1. The second-order valence-electron chi connectivity index (χ2n) is 11.3. The summed E-state index contributed by atoms with van der Waals surface area (Å²) in [4.78, 5) is 50.3. The second-order valence-corrected chi connectivity index (χ2v) is 11.3. The van der Waals surface area contributed by atoms with Gasteiger partial charge in [-0.15, -0.1) is 0 Å². The topological polar surface area (TPSA) is 135 Å². The first-order valence-corrected chi connectivity index (χ1v) is 12.8. The summed E-state index contributed by atoms with van der Waals surface area (Å²) in [7, 11) is 0. The molecule has 0 amide bonds. The standard InChI is InChI=1S/C28H36O10/c1-16(29)34-15-27-21(35-17(2)30)12-13-26(6,33)28(27)23(36-18(3)31)20(25(4,5)38-28)14-22(27)37-24(32)19-10-8-7-9-11-19/h7-11,20-23,33H,12-15H2,1-6H3. The Labute approximate surface area is 221 Å². The van der Waals surface area contributed by atoms with Crippen molar-refractivity contribution in [2.45, 2.75) is 95.9 Å². The summed E-state index contributed by atoms with van der Waals surface area (Å²) in [5, 5.41) is 12.1. The van der Waals surface area contributed by atoms with Gasteiger partial charge in [-0.05, 0) is 52.2 Å². The highest BCUT2D eigenvalue weighted by molar-refractivity contribution is 5.89. The van der Waals surface area contributed by atoms with Gasteiger partial charge in [0.15, 0.2) is 5.60 Å². The van der Waals surface area contributed by atoms with Gasteiger partial charge in [0.05, 0.1) is 16.8 Å². The van der Waals surface area contributed by atoms with Gasteiger partial charge < -0.3 is 28.8 Å². The molecule has 2 aliphatic carbocycles. The molecule has 10 heteroatoms. The molecule has 1 aliphatic heterocycles. The molecular formula is C28H36O10. The van der Waals surface area contributed by atoms with Gasteiger partial charge in [0.25, 0.3) is 0 Å². The zero-order valence-corrected chi connectivity index (χ0v) is 22.6. The van der Waals surface area contributed by atoms with E-state index >= 15 is 0 Å². The van der Waals surface area contributed by atoms with Gasteiger partial charge in [0, 0.05) is 26.7 Å². The molecule has 3 aliphatic rings. The third-order valence-electron chi connectivity index (χ3n) is 8.46. The first-order chi connectivity index (χ1) is 17.7. The fourth-order valence-corrected chi connectivity index (χ4v) is 7.01. The van der Waals surface area contributed by atoms with Gasteiger partial charge >= 0.3 is 23.9 Å². The lowest BCUT2D eigenvalue weighted by molar-refractivity contribution is -0.340. The van der Waals surface area contributed by atoms with E-state index in [-0.39, 0.29) is 19.3 Å². The Bertz CT molecular complexity index is 1110. The van der Waals surface area contributed by atoms with E-state index in [1.807, 2.05) is 13.8 Å². The van der Waals surface area contributed by atoms with Crippen LogP contribution in [0.1, 0.15) is 71.2 Å². The third-order valence-corrected chi connectivity index (χ3v) is 8.46. The van der Waals surface area contributed by atoms with Crippen LogP contribution in [0.2, 0.25) is 0 Å². The largest absolute Gasteiger partial charge is 0.465 e. The van der Waals surface area contributed by atoms with E-state index in [1.165, 1.54) is 20.8 Å². The van der Waals surface area contributed by atoms with Crippen molar-refractivity contribution in [2.75, 3.05) is 6.61 Å². The Morgan fingerprint density at radius 1 is 0.921 bits per heavy atom. The minimum atomic E-state index is -1.76. The van der Waals surface area contributed by atoms with Crippen LogP contribution in [-0.4, -0.2) is 70.7 Å². The lowest BCUT2D eigenvalue weighted by Crippen LogP contribution is -2.81. The Morgan fingerprint density at radius 2 is 1.55 bits per heavy atom. The normalized spacial score (nSPS) is 36.9. The predicted molar refractivity (Wildman–Crippen MR) is 132 cm³/mol. The number of carbonyl (C=O) groups excluding carboxylic acids is 4. The lowest BCUT2D eigenvalue weighted by Gasteiger charge is -2.64. The van der Waals surface area contributed by atoms with Crippen LogP contribution in [0.4, 0.5) is 0 Å². The summed E-state index contributed by atoms with van der Waals surface area (Å²) in [5.74, 6) is -2.97. The van der Waals surface area contributed by atoms with E-state index in [0.29, 0.717) is 5.56 Å². The van der Waals surface area contributed by atoms with Crippen LogP contribution in [0.5, 0.6) is 0 Å². The lowest BCUT2D eigenvalue weighted by atomic mass is 9.47. The molecule has 1 saturated heterocycles. The van der Waals surface area contributed by atoms with E-state index in [1.54, 1.807) is 37.3 Å². The summed E-state index contributed by atoms with van der Waals surface area (Å²) in [6.45, 7) is 8.52. The van der Waals surface area contributed by atoms with Crippen molar-refractivity contribution >= 4 is 23.9 Å². The zero-order chi connectivity index (χ0) is 28.1. The van der Waals surface area contributed by atoms with Gasteiger partial charge in [-0.3, -0.25) is 14.4 Å². The Balaban J connectivity index is 1.98. The van der Waals surface area contributed by atoms with E-state index in [4.69, 9.17) is 23.7 Å². The Hall–Kier alpha value is -2.98. The van der Waals surface area contributed by atoms with Crippen LogP contribution in [0.25, 0.3) is 0 Å². The Morgan fingerprint density at radius 3 is 2.13 bits per heavy atom. The molecule has 3 fully saturated rings. The van der Waals surface area contributed by atoms with Crippen molar-refractivity contribution < 1.29 is 48.0 Å². The maximum absolute atomic E-state index is 13.4. The fourth-order valence-electron chi connectivity index (χ4n) is 7.01. The molecule has 0 radical (unpaired) electrons. The molecule has 208 valence electrons. The molecule has 7 unspecified atom stereocenters. The summed E-state index contributed by atoms with van der Waals surface area (Å²) in [6, 6.07) is 8.39. The molecule has 1 aromatic carbocycles. The first kappa shape index (κ1) is 28.0. The van der Waals surface area contributed by atoms with Crippen LogP contribution < -0.4 is 0 Å². The summed E-state index contributed by atoms with van der Waals surface area (Å²) in [5.41, 5.74) is -5.69. The van der Waals surface area contributed by atoms with E-state index in [2.05, 4.69) is 0 Å². The molecule has 10 nitrogen and oxygen atoms in total. The van der Waals surface area contributed by atoms with Crippen molar-refractivity contribution in [3.63, 3.8) is 0 Å². The van der Waals surface area contributed by atoms with Crippen LogP contribution in [0, 0.1) is 11.3 Å². The van der Waals surface area contributed by atoms with Crippen molar-refractivity contribution in [3.05, 3.63) is 35.9 Å². The SMILES string of the molecule is CC(=O)OCC12C(OC(C)=O)CCC(C)(O)C13OC(C)(C)C(CC2OC(=O)c1ccccc1)C3OC(C)=O. The summed E-state index contributed by atoms with van der Waals surface area (Å²) < 4.78 is 30.2. The number of ether oxygens (including phenoxy) is 5. The number of benzene rings is 1. The van der Waals surface area contributed by atoms with Crippen LogP contribution >= 0.6 is 0 Å². The highest BCUT2D eigenvalue weighted by Crippen LogP contribution is 2.68. The number of carbonyl (C=O) groups is 4. The second kappa shape index (κ2) is 9.64. The molecular weight excluding hydrogens is 496 g/mol. The highest BCUT2D eigenvalue weighted by Gasteiger charge is 2.84. The number of fused-ring (bicyclic) bond motifs is 1. The van der Waals surface area contributed by atoms with Crippen molar-refractivity contribution in [1.82, 2.24) is 0 Å². The van der Waals surface area contributed by atoms with Crippen molar-refractivity contribution in [2.24, 2.45) is 11.3 Å². The van der Waals surface area contributed by atoms with Gasteiger partial charge in [-0.2, -0.15) is 0 Å². The number of rotatable bonds is 6. The molecule has 1 spiro atoms. The molecule has 7 atom stereocenters. The number of esters is 4. The van der Waals surface area contributed by atoms with Gasteiger partial charge in [0.1, 0.15) is 30.3 Å². The Kier molecular flexibility index (Phi) is 7.12. The summed E-state index contributed by atoms with van der Waals surface area (Å²) in [6.07, 6.45) is -2.63. The zero-order valence-electron chi connectivity index (χ0n) is 22.6. The average molecular weight is 533 g/mol.